The Balaban J connectivity index is 2.51. The van der Waals surface area contributed by atoms with Gasteiger partial charge < -0.3 is 20.5 Å². The normalized spacial score (nSPS) is 28.7. The Morgan fingerprint density at radius 3 is 2.73 bits per heavy atom. The van der Waals surface area contributed by atoms with Crippen LogP contribution in [0.1, 0.15) is 17.8 Å². The summed E-state index contributed by atoms with van der Waals surface area (Å²) in [6.45, 7) is 1.27. The highest BCUT2D eigenvalue weighted by atomic mass is 32.1. The van der Waals surface area contributed by atoms with Gasteiger partial charge in [-0.25, -0.2) is 4.79 Å². The van der Waals surface area contributed by atoms with E-state index >= 15 is 0 Å². The number of nitrogens with one attached hydrogen (secondary N) is 2. The van der Waals surface area contributed by atoms with E-state index in [0.717, 1.165) is 11.3 Å². The van der Waals surface area contributed by atoms with Crippen LogP contribution in [0.15, 0.2) is 17.5 Å². The van der Waals surface area contributed by atoms with E-state index in [2.05, 4.69) is 10.1 Å². The summed E-state index contributed by atoms with van der Waals surface area (Å²) in [6, 6.07) is 0.450. The minimum absolute atomic E-state index is 0.158. The molecular weight excluding hydrogens is 325 g/mol. The number of thiophene rings is 1. The van der Waals surface area contributed by atoms with E-state index in [0.29, 0.717) is 4.88 Å². The highest BCUT2D eigenvalue weighted by molar-refractivity contribution is 7.10. The highest BCUT2D eigenvalue weighted by Gasteiger charge is 2.67. The molecule has 3 N–H and O–H groups in total. The number of aliphatic hydroxyl groups is 1. The van der Waals surface area contributed by atoms with Gasteiger partial charge in [-0.3, -0.25) is 4.79 Å². The molecule has 0 saturated carbocycles. The molecule has 0 radical (unpaired) electrons. The number of ether oxygens (including phenoxy) is 1. The van der Waals surface area contributed by atoms with Gasteiger partial charge in [0.15, 0.2) is 0 Å². The molecule has 3 atom stereocenters. The lowest BCUT2D eigenvalue weighted by molar-refractivity contribution is -0.294. The first-order valence-electron chi connectivity index (χ1n) is 6.28. The zero-order valence-electron chi connectivity index (χ0n) is 11.3. The fraction of sp³-hybridized carbons (Fsp3) is 0.500. The minimum Gasteiger partial charge on any atom is -0.466 e. The smallest absolute Gasteiger partial charge is 0.437 e. The Bertz CT molecular complexity index is 563. The molecule has 10 heteroatoms. The number of hydrogen-bond donors (Lipinski definition) is 3. The largest absolute Gasteiger partial charge is 0.466 e. The summed E-state index contributed by atoms with van der Waals surface area (Å²) in [5, 5.41) is 15.2. The number of carbonyl (C=O) groups excluding carboxylic acids is 2. The number of esters is 1. The van der Waals surface area contributed by atoms with E-state index in [4.69, 9.17) is 0 Å². The molecule has 6 nitrogen and oxygen atoms in total. The molecule has 122 valence electrons. The number of urea groups is 1. The van der Waals surface area contributed by atoms with Gasteiger partial charge in [0.2, 0.25) is 0 Å². The molecule has 0 bridgehead atoms. The molecule has 0 spiro atoms. The zero-order chi connectivity index (χ0) is 16.5. The summed E-state index contributed by atoms with van der Waals surface area (Å²) in [6.07, 6.45) is -5.25. The van der Waals surface area contributed by atoms with Crippen molar-refractivity contribution in [3.05, 3.63) is 22.4 Å². The Hall–Kier alpha value is -1.81. The molecule has 1 saturated heterocycles. The molecule has 2 heterocycles. The first-order valence-corrected chi connectivity index (χ1v) is 7.16. The summed E-state index contributed by atoms with van der Waals surface area (Å²) < 4.78 is 44.5. The SMILES string of the molecule is CCOC(=O)[C@H]1[C@H](c2cccs2)NC(=O)N[C@@]1(O)C(F)(F)F. The predicted octanol–water partition coefficient (Wildman–Crippen LogP) is 1.53. The molecule has 1 aromatic rings. The van der Waals surface area contributed by atoms with Crippen LogP contribution in [0.4, 0.5) is 18.0 Å². The van der Waals surface area contributed by atoms with Gasteiger partial charge in [0.25, 0.3) is 5.72 Å². The molecule has 0 unspecified atom stereocenters. The van der Waals surface area contributed by atoms with Gasteiger partial charge in [0, 0.05) is 4.88 Å². The summed E-state index contributed by atoms with van der Waals surface area (Å²) in [7, 11) is 0. The van der Waals surface area contributed by atoms with Crippen molar-refractivity contribution >= 4 is 23.3 Å². The van der Waals surface area contributed by atoms with Crippen LogP contribution in [0.25, 0.3) is 0 Å². The second kappa shape index (κ2) is 5.76. The van der Waals surface area contributed by atoms with E-state index in [1.165, 1.54) is 18.3 Å². The fourth-order valence-electron chi connectivity index (χ4n) is 2.24. The van der Waals surface area contributed by atoms with E-state index in [1.807, 2.05) is 0 Å². The fourth-order valence-corrected chi connectivity index (χ4v) is 3.06. The molecular formula is C12H13F3N2O4S. The molecule has 0 aromatic carbocycles. The molecule has 1 fully saturated rings. The summed E-state index contributed by atoms with van der Waals surface area (Å²) in [4.78, 5) is 23.8. The van der Waals surface area contributed by atoms with Crippen molar-refractivity contribution in [2.75, 3.05) is 6.61 Å². The van der Waals surface area contributed by atoms with Crippen LogP contribution < -0.4 is 10.6 Å². The molecule has 1 aromatic heterocycles. The quantitative estimate of drug-likeness (QED) is 0.730. The van der Waals surface area contributed by atoms with Gasteiger partial charge in [0.05, 0.1) is 12.6 Å². The zero-order valence-corrected chi connectivity index (χ0v) is 12.1. The van der Waals surface area contributed by atoms with E-state index in [9.17, 15) is 27.9 Å². The molecule has 1 aliphatic rings. The Morgan fingerprint density at radius 2 is 2.23 bits per heavy atom. The number of alkyl halides is 3. The summed E-state index contributed by atoms with van der Waals surface area (Å²) in [5.41, 5.74) is -3.71. The van der Waals surface area contributed by atoms with Crippen LogP contribution in [0.5, 0.6) is 0 Å². The third-order valence-corrected chi connectivity index (χ3v) is 4.15. The maximum absolute atomic E-state index is 13.3. The minimum atomic E-state index is -5.25. The van der Waals surface area contributed by atoms with Crippen LogP contribution in [-0.2, 0) is 9.53 Å². The predicted molar refractivity (Wildman–Crippen MR) is 69.9 cm³/mol. The Labute approximate surface area is 127 Å². The molecule has 1 aliphatic heterocycles. The number of rotatable bonds is 3. The van der Waals surface area contributed by atoms with Crippen molar-refractivity contribution < 1.29 is 32.6 Å². The third-order valence-electron chi connectivity index (χ3n) is 3.20. The van der Waals surface area contributed by atoms with Crippen molar-refractivity contribution in [1.82, 2.24) is 10.6 Å². The lowest BCUT2D eigenvalue weighted by atomic mass is 9.84. The topological polar surface area (TPSA) is 87.7 Å². The van der Waals surface area contributed by atoms with E-state index in [1.54, 1.807) is 11.4 Å². The average Bonchev–Trinajstić information content (AvgIpc) is 2.90. The van der Waals surface area contributed by atoms with E-state index < -0.39 is 35.9 Å². The van der Waals surface area contributed by atoms with Gasteiger partial charge in [-0.2, -0.15) is 13.2 Å². The summed E-state index contributed by atoms with van der Waals surface area (Å²) >= 11 is 1.05. The van der Waals surface area contributed by atoms with Crippen molar-refractivity contribution in [2.24, 2.45) is 5.92 Å². The van der Waals surface area contributed by atoms with Crippen LogP contribution in [0.2, 0.25) is 0 Å². The average molecular weight is 338 g/mol. The highest BCUT2D eigenvalue weighted by Crippen LogP contribution is 2.43. The van der Waals surface area contributed by atoms with Crippen LogP contribution in [-0.4, -0.2) is 35.6 Å². The number of amides is 2. The lowest BCUT2D eigenvalue weighted by Gasteiger charge is -2.43. The van der Waals surface area contributed by atoms with Gasteiger partial charge in [0.1, 0.15) is 5.92 Å². The van der Waals surface area contributed by atoms with Crippen molar-refractivity contribution in [2.45, 2.75) is 24.9 Å². The number of halogens is 3. The van der Waals surface area contributed by atoms with Gasteiger partial charge in [-0.05, 0) is 18.4 Å². The van der Waals surface area contributed by atoms with Gasteiger partial charge in [-0.1, -0.05) is 6.07 Å². The van der Waals surface area contributed by atoms with Gasteiger partial charge in [-0.15, -0.1) is 11.3 Å². The lowest BCUT2D eigenvalue weighted by Crippen LogP contribution is -2.73. The molecule has 22 heavy (non-hydrogen) atoms. The first-order chi connectivity index (χ1) is 10.2. The Kier molecular flexibility index (Phi) is 4.34. The first kappa shape index (κ1) is 16.6. The van der Waals surface area contributed by atoms with Crippen LogP contribution >= 0.6 is 11.3 Å². The second-order valence-corrected chi connectivity index (χ2v) is 5.56. The van der Waals surface area contributed by atoms with Crippen LogP contribution in [0, 0.1) is 5.92 Å². The van der Waals surface area contributed by atoms with E-state index in [-0.39, 0.29) is 6.61 Å². The summed E-state index contributed by atoms with van der Waals surface area (Å²) in [5.74, 6) is -3.32. The monoisotopic (exact) mass is 338 g/mol. The second-order valence-electron chi connectivity index (χ2n) is 4.59. The van der Waals surface area contributed by atoms with Crippen molar-refractivity contribution in [3.63, 3.8) is 0 Å². The molecule has 0 aliphatic carbocycles. The van der Waals surface area contributed by atoms with Crippen LogP contribution in [0.3, 0.4) is 0 Å². The number of carbonyl (C=O) groups is 2. The van der Waals surface area contributed by atoms with Crippen molar-refractivity contribution in [1.29, 1.82) is 0 Å². The van der Waals surface area contributed by atoms with Gasteiger partial charge >= 0.3 is 18.2 Å². The standard InChI is InChI=1S/C12H13F3N2O4S/c1-2-21-9(18)7-8(6-4-3-5-22-6)16-10(19)17-11(7,20)12(13,14)15/h3-5,7-8,20H,2H2,1H3,(H2,16,17,19)/t7-,8+,11+/m1/s1. The third kappa shape index (κ3) is 2.75. The Morgan fingerprint density at radius 1 is 1.55 bits per heavy atom. The maximum atomic E-state index is 13.3. The number of hydrogen-bond acceptors (Lipinski definition) is 5. The maximum Gasteiger partial charge on any atom is 0.437 e. The van der Waals surface area contributed by atoms with Crippen molar-refractivity contribution in [3.8, 4) is 0 Å². The molecule has 2 rings (SSSR count). The molecule has 2 amide bonds.